The third kappa shape index (κ3) is 5.50. The Morgan fingerprint density at radius 3 is 2.00 bits per heavy atom. The van der Waals surface area contributed by atoms with Crippen LogP contribution in [0.3, 0.4) is 0 Å². The standard InChI is InChI=1S/C8H19IO2Si/c1-4-10-12(3,11-5-2)8-6-7-9/h4-8H2,1-3H3. The van der Waals surface area contributed by atoms with Gasteiger partial charge in [0.2, 0.25) is 0 Å². The van der Waals surface area contributed by atoms with E-state index < -0.39 is 8.56 Å². The predicted octanol–water partition coefficient (Wildman–Crippen LogP) is 2.96. The van der Waals surface area contributed by atoms with Crippen LogP contribution in [0.2, 0.25) is 12.6 Å². The van der Waals surface area contributed by atoms with Crippen molar-refractivity contribution >= 4 is 31.2 Å². The molecule has 0 saturated heterocycles. The van der Waals surface area contributed by atoms with Gasteiger partial charge in [0.05, 0.1) is 0 Å². The van der Waals surface area contributed by atoms with Crippen LogP contribution in [0.4, 0.5) is 0 Å². The van der Waals surface area contributed by atoms with Gasteiger partial charge in [-0.05, 0) is 37.3 Å². The highest BCUT2D eigenvalue weighted by molar-refractivity contribution is 14.1. The van der Waals surface area contributed by atoms with Gasteiger partial charge in [-0.3, -0.25) is 0 Å². The van der Waals surface area contributed by atoms with Crippen molar-refractivity contribution in [2.24, 2.45) is 0 Å². The zero-order valence-electron chi connectivity index (χ0n) is 8.23. The summed E-state index contributed by atoms with van der Waals surface area (Å²) in [5.41, 5.74) is 0. The largest absolute Gasteiger partial charge is 0.395 e. The Hall–Kier alpha value is 0.867. The fourth-order valence-corrected chi connectivity index (χ4v) is 4.70. The third-order valence-corrected chi connectivity index (χ3v) is 5.49. The molecule has 0 aromatic heterocycles. The van der Waals surface area contributed by atoms with E-state index in [4.69, 9.17) is 8.85 Å². The Kier molecular flexibility index (Phi) is 7.81. The van der Waals surface area contributed by atoms with Gasteiger partial charge in [0.1, 0.15) is 0 Å². The molecule has 0 amide bonds. The summed E-state index contributed by atoms with van der Waals surface area (Å²) >= 11 is 2.40. The summed E-state index contributed by atoms with van der Waals surface area (Å²) in [6, 6.07) is 1.12. The maximum atomic E-state index is 5.69. The first kappa shape index (κ1) is 12.9. The normalized spacial score (nSPS) is 12.0. The highest BCUT2D eigenvalue weighted by Crippen LogP contribution is 2.16. The van der Waals surface area contributed by atoms with Crippen LogP contribution in [-0.2, 0) is 8.85 Å². The molecule has 12 heavy (non-hydrogen) atoms. The Balaban J connectivity index is 3.80. The van der Waals surface area contributed by atoms with E-state index in [0.29, 0.717) is 0 Å². The number of hydrogen-bond donors (Lipinski definition) is 0. The lowest BCUT2D eigenvalue weighted by Crippen LogP contribution is -2.38. The first-order chi connectivity index (χ1) is 5.68. The van der Waals surface area contributed by atoms with Gasteiger partial charge in [-0.1, -0.05) is 22.6 Å². The zero-order valence-corrected chi connectivity index (χ0v) is 11.4. The SMILES string of the molecule is CCO[Si](C)(CCCI)OCC. The van der Waals surface area contributed by atoms with Crippen molar-refractivity contribution in [1.29, 1.82) is 0 Å². The molecular formula is C8H19IO2Si. The molecule has 74 valence electrons. The Morgan fingerprint density at radius 2 is 1.67 bits per heavy atom. The average Bonchev–Trinajstić information content (AvgIpc) is 2.02. The number of halogens is 1. The van der Waals surface area contributed by atoms with E-state index >= 15 is 0 Å². The van der Waals surface area contributed by atoms with Crippen molar-refractivity contribution < 1.29 is 8.85 Å². The summed E-state index contributed by atoms with van der Waals surface area (Å²) in [4.78, 5) is 0. The van der Waals surface area contributed by atoms with Gasteiger partial charge in [0.15, 0.2) is 0 Å². The molecule has 0 atom stereocenters. The maximum Gasteiger partial charge on any atom is 0.334 e. The van der Waals surface area contributed by atoms with Gasteiger partial charge < -0.3 is 8.85 Å². The van der Waals surface area contributed by atoms with Crippen molar-refractivity contribution in [3.8, 4) is 0 Å². The van der Waals surface area contributed by atoms with Gasteiger partial charge in [0.25, 0.3) is 0 Å². The summed E-state index contributed by atoms with van der Waals surface area (Å²) in [6.07, 6.45) is 1.21. The molecule has 0 aliphatic heterocycles. The van der Waals surface area contributed by atoms with Crippen LogP contribution in [0.5, 0.6) is 0 Å². The summed E-state index contributed by atoms with van der Waals surface area (Å²) in [6.45, 7) is 7.79. The van der Waals surface area contributed by atoms with Crippen LogP contribution in [0, 0.1) is 0 Å². The second-order valence-electron chi connectivity index (χ2n) is 2.79. The minimum Gasteiger partial charge on any atom is -0.395 e. The minimum absolute atomic E-state index is 0.782. The van der Waals surface area contributed by atoms with E-state index in [2.05, 4.69) is 29.1 Å². The van der Waals surface area contributed by atoms with E-state index in [1.165, 1.54) is 10.8 Å². The minimum atomic E-state index is -1.78. The molecule has 0 spiro atoms. The molecule has 0 heterocycles. The quantitative estimate of drug-likeness (QED) is 0.409. The van der Waals surface area contributed by atoms with Crippen molar-refractivity contribution in [3.63, 3.8) is 0 Å². The molecule has 0 saturated carbocycles. The molecule has 0 aliphatic carbocycles. The lowest BCUT2D eigenvalue weighted by molar-refractivity contribution is 0.189. The topological polar surface area (TPSA) is 18.5 Å². The predicted molar refractivity (Wildman–Crippen MR) is 63.2 cm³/mol. The van der Waals surface area contributed by atoms with E-state index in [1.807, 2.05) is 13.8 Å². The molecular weight excluding hydrogens is 283 g/mol. The van der Waals surface area contributed by atoms with Crippen molar-refractivity contribution in [2.45, 2.75) is 32.9 Å². The van der Waals surface area contributed by atoms with E-state index in [1.54, 1.807) is 0 Å². The van der Waals surface area contributed by atoms with Crippen LogP contribution < -0.4 is 0 Å². The summed E-state index contributed by atoms with van der Waals surface area (Å²) in [5.74, 6) is 0. The Morgan fingerprint density at radius 1 is 1.17 bits per heavy atom. The van der Waals surface area contributed by atoms with Gasteiger partial charge in [-0.2, -0.15) is 0 Å². The van der Waals surface area contributed by atoms with Crippen LogP contribution in [0.25, 0.3) is 0 Å². The van der Waals surface area contributed by atoms with Crippen LogP contribution >= 0.6 is 22.6 Å². The zero-order chi connectivity index (χ0) is 9.45. The van der Waals surface area contributed by atoms with Crippen LogP contribution in [0.1, 0.15) is 20.3 Å². The smallest absolute Gasteiger partial charge is 0.334 e. The molecule has 0 radical (unpaired) electrons. The number of alkyl halides is 1. The fraction of sp³-hybridized carbons (Fsp3) is 1.00. The molecule has 0 fully saturated rings. The molecule has 2 nitrogen and oxygen atoms in total. The summed E-state index contributed by atoms with van der Waals surface area (Å²) in [7, 11) is -1.78. The molecule has 0 aromatic carbocycles. The summed E-state index contributed by atoms with van der Waals surface area (Å²) in [5, 5.41) is 0. The number of hydrogen-bond acceptors (Lipinski definition) is 2. The van der Waals surface area contributed by atoms with Crippen molar-refractivity contribution in [1.82, 2.24) is 0 Å². The van der Waals surface area contributed by atoms with Crippen LogP contribution in [0.15, 0.2) is 0 Å². The molecule has 0 aliphatic rings. The molecule has 0 N–H and O–H groups in total. The van der Waals surface area contributed by atoms with Crippen molar-refractivity contribution in [3.05, 3.63) is 0 Å². The highest BCUT2D eigenvalue weighted by atomic mass is 127. The Bertz CT molecular complexity index is 105. The lowest BCUT2D eigenvalue weighted by Gasteiger charge is -2.25. The van der Waals surface area contributed by atoms with Crippen molar-refractivity contribution in [2.75, 3.05) is 17.6 Å². The first-order valence-electron chi connectivity index (χ1n) is 4.52. The highest BCUT2D eigenvalue weighted by Gasteiger charge is 2.29. The summed E-state index contributed by atoms with van der Waals surface area (Å²) < 4.78 is 12.6. The third-order valence-electron chi connectivity index (χ3n) is 1.66. The second kappa shape index (κ2) is 7.29. The average molecular weight is 302 g/mol. The second-order valence-corrected chi connectivity index (χ2v) is 7.22. The molecule has 0 unspecified atom stereocenters. The van der Waals surface area contributed by atoms with Gasteiger partial charge in [-0.15, -0.1) is 0 Å². The molecule has 0 aromatic rings. The molecule has 0 bridgehead atoms. The molecule has 4 heteroatoms. The van der Waals surface area contributed by atoms with Gasteiger partial charge in [0, 0.05) is 13.2 Å². The van der Waals surface area contributed by atoms with E-state index in [-0.39, 0.29) is 0 Å². The lowest BCUT2D eigenvalue weighted by atomic mass is 10.6. The Labute approximate surface area is 90.4 Å². The number of rotatable bonds is 7. The van der Waals surface area contributed by atoms with Crippen LogP contribution in [-0.4, -0.2) is 26.2 Å². The van der Waals surface area contributed by atoms with Gasteiger partial charge >= 0.3 is 8.56 Å². The molecule has 0 rings (SSSR count). The first-order valence-corrected chi connectivity index (χ1v) is 8.57. The fourth-order valence-electron chi connectivity index (χ4n) is 1.18. The maximum absolute atomic E-state index is 5.69. The van der Waals surface area contributed by atoms with E-state index in [0.717, 1.165) is 19.3 Å². The van der Waals surface area contributed by atoms with Gasteiger partial charge in [-0.25, -0.2) is 0 Å². The van der Waals surface area contributed by atoms with E-state index in [9.17, 15) is 0 Å². The monoisotopic (exact) mass is 302 g/mol.